The maximum absolute atomic E-state index is 13.4. The summed E-state index contributed by atoms with van der Waals surface area (Å²) in [6.45, 7) is 6.21. The number of carbonyl (C=O) groups excluding carboxylic acids is 1. The Morgan fingerprint density at radius 3 is 2.45 bits per heavy atom. The summed E-state index contributed by atoms with van der Waals surface area (Å²) in [5, 5.41) is 2.95. The van der Waals surface area contributed by atoms with Crippen LogP contribution in [-0.2, 0) is 6.54 Å². The van der Waals surface area contributed by atoms with Crippen LogP contribution in [0.4, 0.5) is 5.69 Å². The Morgan fingerprint density at radius 2 is 1.74 bits per heavy atom. The fourth-order valence-electron chi connectivity index (χ4n) is 3.72. The number of nitrogens with one attached hydrogen (secondary N) is 1. The van der Waals surface area contributed by atoms with Gasteiger partial charge >= 0.3 is 0 Å². The van der Waals surface area contributed by atoms with Crippen molar-refractivity contribution < 1.29 is 9.21 Å². The smallest absolute Gasteiger partial charge is 0.261 e. The minimum absolute atomic E-state index is 0.115. The fourth-order valence-corrected chi connectivity index (χ4v) is 3.72. The van der Waals surface area contributed by atoms with Crippen LogP contribution in [0.5, 0.6) is 0 Å². The third-order valence-corrected chi connectivity index (χ3v) is 5.54. The second-order valence-corrected chi connectivity index (χ2v) is 7.61. The minimum atomic E-state index is -0.425. The monoisotopic (exact) mass is 412 g/mol. The molecule has 4 aromatic rings. The van der Waals surface area contributed by atoms with E-state index in [4.69, 9.17) is 4.42 Å². The van der Waals surface area contributed by atoms with E-state index in [2.05, 4.69) is 5.32 Å². The zero-order valence-electron chi connectivity index (χ0n) is 17.8. The summed E-state index contributed by atoms with van der Waals surface area (Å²) in [5.74, 6) is 0.315. The van der Waals surface area contributed by atoms with Crippen LogP contribution in [0.2, 0.25) is 0 Å². The lowest BCUT2D eigenvalue weighted by molar-refractivity contribution is 0.102. The molecule has 2 aromatic carbocycles. The average molecular weight is 412 g/mol. The predicted molar refractivity (Wildman–Crippen MR) is 123 cm³/mol. The molecule has 1 amide bonds. The van der Waals surface area contributed by atoms with Crippen molar-refractivity contribution >= 4 is 11.6 Å². The number of hydrogen-bond acceptors (Lipinski definition) is 3. The van der Waals surface area contributed by atoms with Crippen LogP contribution in [-0.4, -0.2) is 10.5 Å². The van der Waals surface area contributed by atoms with Gasteiger partial charge in [-0.2, -0.15) is 0 Å². The zero-order chi connectivity index (χ0) is 22.0. The minimum Gasteiger partial charge on any atom is -0.467 e. The van der Waals surface area contributed by atoms with Gasteiger partial charge in [0.05, 0.1) is 18.5 Å². The third-order valence-electron chi connectivity index (χ3n) is 5.54. The maximum Gasteiger partial charge on any atom is 0.261 e. The molecule has 0 unspecified atom stereocenters. The van der Waals surface area contributed by atoms with Crippen molar-refractivity contribution in [3.63, 3.8) is 0 Å². The van der Waals surface area contributed by atoms with Crippen LogP contribution in [0.1, 0.15) is 32.9 Å². The van der Waals surface area contributed by atoms with E-state index in [1.165, 1.54) is 6.07 Å². The Bertz CT molecular complexity index is 1290. The summed E-state index contributed by atoms with van der Waals surface area (Å²) in [6, 6.07) is 20.4. The van der Waals surface area contributed by atoms with E-state index >= 15 is 0 Å². The van der Waals surface area contributed by atoms with Crippen LogP contribution in [0.25, 0.3) is 11.3 Å². The molecule has 0 saturated heterocycles. The van der Waals surface area contributed by atoms with Crippen molar-refractivity contribution in [2.24, 2.45) is 0 Å². The molecule has 5 nitrogen and oxygen atoms in total. The Kier molecular flexibility index (Phi) is 5.58. The van der Waals surface area contributed by atoms with Gasteiger partial charge in [-0.1, -0.05) is 42.5 Å². The van der Waals surface area contributed by atoms with Gasteiger partial charge in [0.1, 0.15) is 11.3 Å². The molecule has 0 fully saturated rings. The Labute approximate surface area is 181 Å². The van der Waals surface area contributed by atoms with Crippen molar-refractivity contribution in [1.82, 2.24) is 4.57 Å². The molecule has 0 bridgehead atoms. The molecule has 0 saturated carbocycles. The first-order valence-electron chi connectivity index (χ1n) is 10.2. The van der Waals surface area contributed by atoms with Crippen LogP contribution >= 0.6 is 0 Å². The summed E-state index contributed by atoms with van der Waals surface area (Å²) in [6.07, 6.45) is 1.61. The van der Waals surface area contributed by atoms with Crippen molar-refractivity contribution in [3.05, 3.63) is 111 Å². The molecule has 0 aliphatic rings. The van der Waals surface area contributed by atoms with E-state index in [0.717, 1.165) is 28.1 Å². The van der Waals surface area contributed by atoms with E-state index in [9.17, 15) is 9.59 Å². The molecule has 4 rings (SSSR count). The second kappa shape index (κ2) is 8.48. The van der Waals surface area contributed by atoms with Crippen molar-refractivity contribution in [2.75, 3.05) is 5.32 Å². The molecule has 0 atom stereocenters. The number of benzene rings is 2. The molecule has 0 aliphatic heterocycles. The van der Waals surface area contributed by atoms with Crippen LogP contribution < -0.4 is 10.7 Å². The molecule has 2 aromatic heterocycles. The summed E-state index contributed by atoms with van der Waals surface area (Å²) >= 11 is 0. The average Bonchev–Trinajstić information content (AvgIpc) is 3.27. The Hall–Kier alpha value is -3.86. The number of nitrogens with zero attached hydrogens (tertiary/aromatic N) is 1. The van der Waals surface area contributed by atoms with E-state index in [1.54, 1.807) is 6.26 Å². The highest BCUT2D eigenvalue weighted by atomic mass is 16.3. The first-order valence-corrected chi connectivity index (χ1v) is 10.2. The number of aromatic nitrogens is 1. The molecule has 5 heteroatoms. The summed E-state index contributed by atoms with van der Waals surface area (Å²) in [7, 11) is 0. The van der Waals surface area contributed by atoms with Crippen LogP contribution in [0.15, 0.2) is 82.2 Å². The van der Waals surface area contributed by atoms with Gasteiger partial charge in [0, 0.05) is 17.4 Å². The highest BCUT2D eigenvalue weighted by molar-refractivity contribution is 6.08. The topological polar surface area (TPSA) is 64.2 Å². The maximum atomic E-state index is 13.4. The number of aryl methyl sites for hydroxylation is 2. The number of rotatable bonds is 5. The summed E-state index contributed by atoms with van der Waals surface area (Å²) in [5.41, 5.74) is 4.66. The van der Waals surface area contributed by atoms with Crippen LogP contribution in [0.3, 0.4) is 0 Å². The second-order valence-electron chi connectivity index (χ2n) is 7.61. The molecule has 0 aliphatic carbocycles. The van der Waals surface area contributed by atoms with Gasteiger partial charge in [-0.15, -0.1) is 0 Å². The predicted octanol–water partition coefficient (Wildman–Crippen LogP) is 5.33. The van der Waals surface area contributed by atoms with Crippen LogP contribution in [0, 0.1) is 20.8 Å². The van der Waals surface area contributed by atoms with Crippen molar-refractivity contribution in [2.45, 2.75) is 27.3 Å². The molecule has 1 N–H and O–H groups in total. The zero-order valence-corrected chi connectivity index (χ0v) is 17.8. The summed E-state index contributed by atoms with van der Waals surface area (Å²) < 4.78 is 7.49. The lowest BCUT2D eigenvalue weighted by Gasteiger charge is -2.20. The number of amides is 1. The fraction of sp³-hybridized carbons (Fsp3) is 0.154. The number of hydrogen-bond donors (Lipinski definition) is 1. The van der Waals surface area contributed by atoms with Crippen molar-refractivity contribution in [3.8, 4) is 11.3 Å². The number of furan rings is 1. The first-order chi connectivity index (χ1) is 15.0. The first kappa shape index (κ1) is 20.4. The van der Waals surface area contributed by atoms with Gasteiger partial charge in [-0.3, -0.25) is 9.59 Å². The van der Waals surface area contributed by atoms with Gasteiger partial charge in [-0.25, -0.2) is 0 Å². The number of anilines is 1. The lowest BCUT2D eigenvalue weighted by atomic mass is 10.0. The lowest BCUT2D eigenvalue weighted by Crippen LogP contribution is -2.27. The quantitative estimate of drug-likeness (QED) is 0.482. The van der Waals surface area contributed by atoms with Crippen molar-refractivity contribution in [1.29, 1.82) is 0 Å². The highest BCUT2D eigenvalue weighted by Gasteiger charge is 2.22. The van der Waals surface area contributed by atoms with Gasteiger partial charge in [-0.05, 0) is 55.7 Å². The van der Waals surface area contributed by atoms with E-state index in [0.29, 0.717) is 17.9 Å². The normalized spacial score (nSPS) is 10.8. The Morgan fingerprint density at radius 1 is 0.968 bits per heavy atom. The van der Waals surface area contributed by atoms with Gasteiger partial charge in [0.15, 0.2) is 5.43 Å². The van der Waals surface area contributed by atoms with E-state index < -0.39 is 5.91 Å². The molecule has 0 radical (unpaired) electrons. The molecule has 0 spiro atoms. The SMILES string of the molecule is Cc1cccc(NC(=O)c2c(-c3ccccc3)n(Cc3ccco3)c(C)cc2=O)c1C. The molecule has 31 heavy (non-hydrogen) atoms. The Balaban J connectivity index is 1.89. The van der Waals surface area contributed by atoms with Gasteiger partial charge in [0.25, 0.3) is 5.91 Å². The molecule has 2 heterocycles. The third kappa shape index (κ3) is 4.08. The van der Waals surface area contributed by atoms with E-state index in [-0.39, 0.29) is 11.0 Å². The molecular weight excluding hydrogens is 388 g/mol. The largest absolute Gasteiger partial charge is 0.467 e. The number of pyridine rings is 1. The van der Waals surface area contributed by atoms with Gasteiger partial charge < -0.3 is 14.3 Å². The standard InChI is InChI=1S/C26H24N2O3/c1-17-9-7-13-22(19(17)3)27-26(30)24-23(29)15-18(2)28(16-21-12-8-14-31-21)25(24)20-10-5-4-6-11-20/h4-15H,16H2,1-3H3,(H,27,30). The van der Waals surface area contributed by atoms with E-state index in [1.807, 2.05) is 86.0 Å². The van der Waals surface area contributed by atoms with Gasteiger partial charge in [0.2, 0.25) is 0 Å². The molecule has 156 valence electrons. The summed E-state index contributed by atoms with van der Waals surface area (Å²) in [4.78, 5) is 26.5. The number of carbonyl (C=O) groups is 1. The molecular formula is C26H24N2O3. The highest BCUT2D eigenvalue weighted by Crippen LogP contribution is 2.26.